The summed E-state index contributed by atoms with van der Waals surface area (Å²) in [4.78, 5) is 19.3. The summed E-state index contributed by atoms with van der Waals surface area (Å²) in [7, 11) is 1.59. The molecule has 0 spiro atoms. The topological polar surface area (TPSA) is 88.6 Å². The maximum atomic E-state index is 14.5. The molecular weight excluding hydrogens is 347 g/mol. The Hall–Kier alpha value is -3.55. The van der Waals surface area contributed by atoms with Crippen molar-refractivity contribution in [3.63, 3.8) is 0 Å². The lowest BCUT2D eigenvalue weighted by atomic mass is 10.1. The van der Waals surface area contributed by atoms with E-state index in [1.165, 1.54) is 6.33 Å². The molecule has 0 saturated heterocycles. The Bertz CT molecular complexity index is 1080. The van der Waals surface area contributed by atoms with Crippen LogP contribution >= 0.6 is 0 Å². The molecule has 4 aromatic rings. The first-order valence-corrected chi connectivity index (χ1v) is 8.36. The van der Waals surface area contributed by atoms with Gasteiger partial charge in [0.15, 0.2) is 0 Å². The maximum Gasteiger partial charge on any atom is 0.218 e. The quantitative estimate of drug-likeness (QED) is 0.511. The summed E-state index contributed by atoms with van der Waals surface area (Å²) in [6.45, 7) is 0.468. The highest BCUT2D eigenvalue weighted by molar-refractivity contribution is 5.78. The number of aromatic amines is 1. The number of anilines is 1. The summed E-state index contributed by atoms with van der Waals surface area (Å²) >= 11 is 0. The number of halogens is 1. The van der Waals surface area contributed by atoms with Gasteiger partial charge in [-0.25, -0.2) is 15.0 Å². The molecule has 7 nitrogen and oxygen atoms in total. The number of pyridine rings is 2. The smallest absolute Gasteiger partial charge is 0.218 e. The summed E-state index contributed by atoms with van der Waals surface area (Å²) < 4.78 is 19.6. The van der Waals surface area contributed by atoms with E-state index in [2.05, 4.69) is 30.2 Å². The lowest BCUT2D eigenvalue weighted by Gasteiger charge is -2.08. The molecule has 0 atom stereocenters. The van der Waals surface area contributed by atoms with Crippen LogP contribution in [0, 0.1) is 5.95 Å². The van der Waals surface area contributed by atoms with E-state index < -0.39 is 5.95 Å². The molecule has 27 heavy (non-hydrogen) atoms. The van der Waals surface area contributed by atoms with Crippen LogP contribution in [0.5, 0.6) is 5.75 Å². The Kier molecular flexibility index (Phi) is 4.61. The van der Waals surface area contributed by atoms with Gasteiger partial charge in [-0.1, -0.05) is 6.07 Å². The minimum absolute atomic E-state index is 0.409. The van der Waals surface area contributed by atoms with Gasteiger partial charge < -0.3 is 15.0 Å². The molecule has 0 radical (unpaired) electrons. The molecule has 0 aliphatic rings. The third-order valence-electron chi connectivity index (χ3n) is 4.23. The first-order valence-electron chi connectivity index (χ1n) is 8.36. The summed E-state index contributed by atoms with van der Waals surface area (Å²) in [5.41, 5.74) is 3.08. The van der Waals surface area contributed by atoms with Crippen LogP contribution in [-0.2, 0) is 13.0 Å². The molecule has 0 unspecified atom stereocenters. The summed E-state index contributed by atoms with van der Waals surface area (Å²) in [5, 5.41) is 3.98. The van der Waals surface area contributed by atoms with E-state index in [9.17, 15) is 4.39 Å². The van der Waals surface area contributed by atoms with E-state index >= 15 is 0 Å². The monoisotopic (exact) mass is 364 g/mol. The van der Waals surface area contributed by atoms with Crippen LogP contribution in [0.4, 0.5) is 10.2 Å². The molecule has 136 valence electrons. The fourth-order valence-corrected chi connectivity index (χ4v) is 2.82. The zero-order chi connectivity index (χ0) is 18.6. The van der Waals surface area contributed by atoms with Crippen molar-refractivity contribution in [3.8, 4) is 5.75 Å². The van der Waals surface area contributed by atoms with Crippen molar-refractivity contribution in [2.24, 2.45) is 0 Å². The summed E-state index contributed by atoms with van der Waals surface area (Å²) in [6, 6.07) is 5.36. The van der Waals surface area contributed by atoms with Gasteiger partial charge in [-0.3, -0.25) is 4.98 Å². The third-order valence-corrected chi connectivity index (χ3v) is 4.23. The molecule has 0 amide bonds. The van der Waals surface area contributed by atoms with Gasteiger partial charge in [0.1, 0.15) is 23.5 Å². The molecule has 0 bridgehead atoms. The van der Waals surface area contributed by atoms with Crippen LogP contribution in [0.3, 0.4) is 0 Å². The average molecular weight is 364 g/mol. The zero-order valence-corrected chi connectivity index (χ0v) is 14.6. The third kappa shape index (κ3) is 3.69. The van der Waals surface area contributed by atoms with Gasteiger partial charge in [0.05, 0.1) is 13.3 Å². The highest BCUT2D eigenvalue weighted by Gasteiger charge is 2.10. The van der Waals surface area contributed by atoms with Gasteiger partial charge in [0.2, 0.25) is 5.95 Å². The van der Waals surface area contributed by atoms with Gasteiger partial charge in [0, 0.05) is 42.5 Å². The minimum Gasteiger partial charge on any atom is -0.495 e. The van der Waals surface area contributed by atoms with Gasteiger partial charge in [-0.05, 0) is 23.3 Å². The first-order chi connectivity index (χ1) is 13.2. The summed E-state index contributed by atoms with van der Waals surface area (Å²) in [6.07, 6.45) is 8.78. The number of nitrogens with zero attached hydrogens (tertiary/aromatic N) is 4. The van der Waals surface area contributed by atoms with Crippen LogP contribution in [0.25, 0.3) is 11.0 Å². The first kappa shape index (κ1) is 16.9. The largest absolute Gasteiger partial charge is 0.495 e. The molecule has 0 aliphatic heterocycles. The Morgan fingerprint density at radius 2 is 2.07 bits per heavy atom. The van der Waals surface area contributed by atoms with Crippen LogP contribution in [0.1, 0.15) is 16.7 Å². The number of H-pyrrole nitrogens is 1. The molecule has 2 N–H and O–H groups in total. The minimum atomic E-state index is -0.505. The number of fused-ring (bicyclic) bond motifs is 1. The van der Waals surface area contributed by atoms with E-state index in [1.807, 2.05) is 12.3 Å². The Labute approximate surface area is 154 Å². The van der Waals surface area contributed by atoms with Crippen molar-refractivity contribution in [2.45, 2.75) is 13.0 Å². The van der Waals surface area contributed by atoms with E-state index in [4.69, 9.17) is 4.74 Å². The predicted octanol–water partition coefficient (Wildman–Crippen LogP) is 3.10. The number of hydrogen-bond donors (Lipinski definition) is 2. The van der Waals surface area contributed by atoms with E-state index in [1.54, 1.807) is 37.8 Å². The number of aromatic nitrogens is 5. The van der Waals surface area contributed by atoms with Gasteiger partial charge in [-0.15, -0.1) is 0 Å². The van der Waals surface area contributed by atoms with Crippen molar-refractivity contribution < 1.29 is 9.13 Å². The average Bonchev–Trinajstić information content (AvgIpc) is 3.11. The summed E-state index contributed by atoms with van der Waals surface area (Å²) in [5.74, 6) is 0.628. The van der Waals surface area contributed by atoms with Crippen LogP contribution in [0.2, 0.25) is 0 Å². The molecule has 8 heteroatoms. The molecule has 0 aliphatic carbocycles. The lowest BCUT2D eigenvalue weighted by Crippen LogP contribution is -2.04. The van der Waals surface area contributed by atoms with E-state index in [0.29, 0.717) is 30.1 Å². The number of ether oxygens (including phenoxy) is 1. The number of rotatable bonds is 6. The standard InChI is InChI=1S/C19H17FN6O/c1-27-15-4-12(6-21-9-15)7-23-17-3-2-13(18(20)26-17)5-14-8-24-19-16(14)10-22-11-25-19/h2-4,6,8-11H,5,7H2,1H3,(H,23,26)(H,22,24,25). The second-order valence-electron chi connectivity index (χ2n) is 6.01. The second-order valence-corrected chi connectivity index (χ2v) is 6.01. The lowest BCUT2D eigenvalue weighted by molar-refractivity contribution is 0.412. The predicted molar refractivity (Wildman–Crippen MR) is 99.0 cm³/mol. The van der Waals surface area contributed by atoms with Crippen molar-refractivity contribution in [1.29, 1.82) is 0 Å². The van der Waals surface area contributed by atoms with Crippen molar-refractivity contribution in [2.75, 3.05) is 12.4 Å². The zero-order valence-electron chi connectivity index (χ0n) is 14.6. The SMILES string of the molecule is COc1cncc(CNc2ccc(Cc3c[nH]c4ncncc34)c(F)n2)c1. The highest BCUT2D eigenvalue weighted by Crippen LogP contribution is 2.21. The van der Waals surface area contributed by atoms with Crippen molar-refractivity contribution in [3.05, 3.63) is 72.0 Å². The Morgan fingerprint density at radius 1 is 1.15 bits per heavy atom. The van der Waals surface area contributed by atoms with Crippen molar-refractivity contribution in [1.82, 2.24) is 24.9 Å². The van der Waals surface area contributed by atoms with Gasteiger partial charge >= 0.3 is 0 Å². The van der Waals surface area contributed by atoms with Crippen molar-refractivity contribution >= 4 is 16.9 Å². The van der Waals surface area contributed by atoms with E-state index in [-0.39, 0.29) is 0 Å². The highest BCUT2D eigenvalue weighted by atomic mass is 19.1. The molecule has 4 aromatic heterocycles. The molecular formula is C19H17FN6O. The molecule has 0 saturated carbocycles. The maximum absolute atomic E-state index is 14.5. The van der Waals surface area contributed by atoms with Crippen LogP contribution in [-0.4, -0.2) is 32.0 Å². The van der Waals surface area contributed by atoms with Gasteiger partial charge in [-0.2, -0.15) is 4.39 Å². The number of methoxy groups -OCH3 is 1. The van der Waals surface area contributed by atoms with Crippen LogP contribution < -0.4 is 10.1 Å². The second kappa shape index (κ2) is 7.36. The number of nitrogens with one attached hydrogen (secondary N) is 2. The fraction of sp³-hybridized carbons (Fsp3) is 0.158. The normalized spacial score (nSPS) is 10.9. The molecule has 4 rings (SSSR count). The van der Waals surface area contributed by atoms with Gasteiger partial charge in [0.25, 0.3) is 0 Å². The molecule has 0 aromatic carbocycles. The van der Waals surface area contributed by atoms with Crippen LogP contribution in [0.15, 0.2) is 49.3 Å². The van der Waals surface area contributed by atoms with E-state index in [0.717, 1.165) is 22.2 Å². The Morgan fingerprint density at radius 3 is 2.93 bits per heavy atom. The molecule has 4 heterocycles. The number of hydrogen-bond acceptors (Lipinski definition) is 6. The fourth-order valence-electron chi connectivity index (χ4n) is 2.82. The Balaban J connectivity index is 1.47. The molecule has 0 fully saturated rings.